The molecule has 5 heteroatoms. The summed E-state index contributed by atoms with van der Waals surface area (Å²) in [7, 11) is -3.69. The molecule has 2 N–H and O–H groups in total. The predicted molar refractivity (Wildman–Crippen MR) is 70.9 cm³/mol. The van der Waals surface area contributed by atoms with E-state index in [4.69, 9.17) is 16.3 Å². The van der Waals surface area contributed by atoms with E-state index in [-0.39, 0.29) is 4.90 Å². The lowest BCUT2D eigenvalue weighted by molar-refractivity contribution is 0.312. The second kappa shape index (κ2) is 5.89. The monoisotopic (exact) mass is 267 g/mol. The zero-order chi connectivity index (χ0) is 13.8. The minimum Gasteiger partial charge on any atom is -0.494 e. The van der Waals surface area contributed by atoms with Gasteiger partial charge in [-0.3, -0.25) is 0 Å². The summed E-state index contributed by atoms with van der Waals surface area (Å²) in [5.74, 6) is 3.16. The number of unbranched alkanes of at least 4 members (excludes halogenated alkanes) is 1. The van der Waals surface area contributed by atoms with Crippen molar-refractivity contribution >= 4 is 10.0 Å². The molecule has 0 saturated carbocycles. The van der Waals surface area contributed by atoms with Gasteiger partial charge in [0.25, 0.3) is 0 Å². The molecule has 0 aromatic heterocycles. The molecule has 0 spiro atoms. The van der Waals surface area contributed by atoms with Crippen LogP contribution in [0.5, 0.6) is 5.75 Å². The van der Waals surface area contributed by atoms with Crippen molar-refractivity contribution in [3.05, 3.63) is 23.3 Å². The summed E-state index contributed by atoms with van der Waals surface area (Å²) < 4.78 is 28.3. The smallest absolute Gasteiger partial charge is 0.238 e. The highest BCUT2D eigenvalue weighted by atomic mass is 32.2. The van der Waals surface area contributed by atoms with Crippen LogP contribution < -0.4 is 9.88 Å². The second-order valence-electron chi connectivity index (χ2n) is 4.09. The quantitative estimate of drug-likeness (QED) is 0.652. The Balaban J connectivity index is 2.91. The zero-order valence-corrected chi connectivity index (χ0v) is 11.4. The maximum absolute atomic E-state index is 11.4. The molecule has 0 radical (unpaired) electrons. The number of hydrogen-bond acceptors (Lipinski definition) is 3. The normalized spacial score (nSPS) is 11.0. The summed E-state index contributed by atoms with van der Waals surface area (Å²) in [5.41, 5.74) is 1.17. The third-order valence-electron chi connectivity index (χ3n) is 2.45. The molecule has 0 atom stereocenters. The minimum absolute atomic E-state index is 0.165. The molecule has 4 nitrogen and oxygen atoms in total. The number of terminal acetylenes is 1. The average Bonchev–Trinajstić information content (AvgIpc) is 2.21. The van der Waals surface area contributed by atoms with Gasteiger partial charge < -0.3 is 4.74 Å². The van der Waals surface area contributed by atoms with Crippen LogP contribution in [0.4, 0.5) is 0 Å². The predicted octanol–water partition coefficient (Wildman–Crippen LogP) is 1.74. The number of aryl methyl sites for hydroxylation is 2. The summed E-state index contributed by atoms with van der Waals surface area (Å²) in [6.45, 7) is 3.90. The topological polar surface area (TPSA) is 69.4 Å². The first kappa shape index (κ1) is 14.6. The lowest BCUT2D eigenvalue weighted by atomic mass is 10.1. The number of ether oxygens (including phenoxy) is 1. The molecule has 0 fully saturated rings. The fourth-order valence-corrected chi connectivity index (χ4v) is 2.82. The van der Waals surface area contributed by atoms with E-state index < -0.39 is 10.0 Å². The van der Waals surface area contributed by atoms with Crippen LogP contribution in [0.3, 0.4) is 0 Å². The Morgan fingerprint density at radius 1 is 1.33 bits per heavy atom. The highest BCUT2D eigenvalue weighted by Crippen LogP contribution is 2.24. The van der Waals surface area contributed by atoms with Gasteiger partial charge in [-0.1, -0.05) is 0 Å². The van der Waals surface area contributed by atoms with E-state index in [2.05, 4.69) is 5.92 Å². The molecule has 1 aromatic rings. The molecular formula is C13H17NO3S. The molecule has 1 aromatic carbocycles. The summed E-state index contributed by atoms with van der Waals surface area (Å²) >= 11 is 0. The molecule has 0 heterocycles. The zero-order valence-electron chi connectivity index (χ0n) is 10.6. The van der Waals surface area contributed by atoms with Crippen molar-refractivity contribution in [1.29, 1.82) is 0 Å². The Bertz CT molecular complexity index is 547. The molecule has 0 aliphatic rings. The van der Waals surface area contributed by atoms with Crippen LogP contribution >= 0.6 is 0 Å². The Morgan fingerprint density at radius 2 is 1.89 bits per heavy atom. The van der Waals surface area contributed by atoms with E-state index in [1.54, 1.807) is 26.0 Å². The van der Waals surface area contributed by atoms with Crippen molar-refractivity contribution < 1.29 is 13.2 Å². The van der Waals surface area contributed by atoms with Crippen molar-refractivity contribution in [3.8, 4) is 18.1 Å². The van der Waals surface area contributed by atoms with Crippen molar-refractivity contribution in [2.24, 2.45) is 5.14 Å². The Labute approximate surface area is 108 Å². The van der Waals surface area contributed by atoms with Gasteiger partial charge in [0.2, 0.25) is 10.0 Å². The molecule has 18 heavy (non-hydrogen) atoms. The number of rotatable bonds is 5. The van der Waals surface area contributed by atoms with Crippen LogP contribution in [0.2, 0.25) is 0 Å². The van der Waals surface area contributed by atoms with Crippen LogP contribution in [-0.4, -0.2) is 15.0 Å². The average molecular weight is 267 g/mol. The van der Waals surface area contributed by atoms with Crippen molar-refractivity contribution in [2.45, 2.75) is 31.6 Å². The number of sulfonamides is 1. The van der Waals surface area contributed by atoms with Gasteiger partial charge in [-0.2, -0.15) is 0 Å². The largest absolute Gasteiger partial charge is 0.494 e. The molecule has 0 bridgehead atoms. The van der Waals surface area contributed by atoms with Crippen molar-refractivity contribution in [1.82, 2.24) is 0 Å². The van der Waals surface area contributed by atoms with Crippen molar-refractivity contribution in [2.75, 3.05) is 6.61 Å². The van der Waals surface area contributed by atoms with Crippen LogP contribution in [0.25, 0.3) is 0 Å². The lowest BCUT2D eigenvalue weighted by Crippen LogP contribution is -2.15. The number of benzene rings is 1. The van der Waals surface area contributed by atoms with Gasteiger partial charge in [-0.05, 0) is 43.5 Å². The first-order chi connectivity index (χ1) is 8.36. The summed E-state index contributed by atoms with van der Waals surface area (Å²) in [5, 5.41) is 5.16. The number of hydrogen-bond donors (Lipinski definition) is 1. The number of primary sulfonamides is 1. The van der Waals surface area contributed by atoms with Crippen LogP contribution in [0.15, 0.2) is 17.0 Å². The molecule has 0 aliphatic carbocycles. The third-order valence-corrected chi connectivity index (χ3v) is 3.67. The maximum Gasteiger partial charge on any atom is 0.238 e. The molecule has 98 valence electrons. The van der Waals surface area contributed by atoms with Crippen molar-refractivity contribution in [3.63, 3.8) is 0 Å². The van der Waals surface area contributed by atoms with E-state index in [0.717, 1.165) is 6.42 Å². The lowest BCUT2D eigenvalue weighted by Gasteiger charge is -2.11. The van der Waals surface area contributed by atoms with E-state index in [9.17, 15) is 8.42 Å². The van der Waals surface area contributed by atoms with Gasteiger partial charge in [0.1, 0.15) is 5.75 Å². The highest BCUT2D eigenvalue weighted by molar-refractivity contribution is 7.89. The van der Waals surface area contributed by atoms with Gasteiger partial charge in [0, 0.05) is 6.42 Å². The second-order valence-corrected chi connectivity index (χ2v) is 5.59. The van der Waals surface area contributed by atoms with Gasteiger partial charge >= 0.3 is 0 Å². The molecule has 0 unspecified atom stereocenters. The third kappa shape index (κ3) is 3.76. The molecule has 1 rings (SSSR count). The fourth-order valence-electron chi connectivity index (χ4n) is 1.81. The standard InChI is InChI=1S/C13H17NO3S/c1-4-5-6-7-17-12-8-10(2)13(11(3)9-12)18(14,15)16/h1,8-9H,5-7H2,2-3H3,(H2,14,15,16). The highest BCUT2D eigenvalue weighted by Gasteiger charge is 2.15. The first-order valence-corrected chi connectivity index (χ1v) is 7.11. The van der Waals surface area contributed by atoms with Gasteiger partial charge in [-0.15, -0.1) is 12.3 Å². The first-order valence-electron chi connectivity index (χ1n) is 5.56. The minimum atomic E-state index is -3.69. The molecule has 0 aliphatic heterocycles. The van der Waals surface area contributed by atoms with Crippen LogP contribution in [0, 0.1) is 26.2 Å². The Kier molecular flexibility index (Phi) is 4.76. The van der Waals surface area contributed by atoms with E-state index >= 15 is 0 Å². The Hall–Kier alpha value is -1.51. The van der Waals surface area contributed by atoms with Gasteiger partial charge in [0.15, 0.2) is 0 Å². The van der Waals surface area contributed by atoms with Gasteiger partial charge in [0.05, 0.1) is 11.5 Å². The molecule has 0 amide bonds. The van der Waals surface area contributed by atoms with E-state index in [1.807, 2.05) is 0 Å². The fraction of sp³-hybridized carbons (Fsp3) is 0.385. The maximum atomic E-state index is 11.4. The Morgan fingerprint density at radius 3 is 2.33 bits per heavy atom. The van der Waals surface area contributed by atoms with Crippen LogP contribution in [-0.2, 0) is 10.0 Å². The summed E-state index contributed by atoms with van der Waals surface area (Å²) in [6.07, 6.45) is 6.57. The molecule has 0 saturated heterocycles. The van der Waals surface area contributed by atoms with E-state index in [1.165, 1.54) is 0 Å². The SMILES string of the molecule is C#CCCCOc1cc(C)c(S(N)(=O)=O)c(C)c1. The van der Waals surface area contributed by atoms with Crippen LogP contribution in [0.1, 0.15) is 24.0 Å². The molecular weight excluding hydrogens is 250 g/mol. The number of nitrogens with two attached hydrogens (primary N) is 1. The summed E-state index contributed by atoms with van der Waals surface area (Å²) in [6, 6.07) is 3.34. The van der Waals surface area contributed by atoms with Gasteiger partial charge in [-0.25, -0.2) is 13.6 Å². The summed E-state index contributed by atoms with van der Waals surface area (Å²) in [4.78, 5) is 0.165. The van der Waals surface area contributed by atoms with E-state index in [0.29, 0.717) is 29.9 Å².